The largest absolute Gasteiger partial charge is 0.573 e. The number of piperidine rings is 1. The summed E-state index contributed by atoms with van der Waals surface area (Å²) in [5.74, 6) is -0.312. The molecule has 6 rings (SSSR count). The predicted octanol–water partition coefficient (Wildman–Crippen LogP) is 6.43. The van der Waals surface area contributed by atoms with Gasteiger partial charge in [0.2, 0.25) is 0 Å². The molecule has 2 atom stereocenters. The number of halogens is 3. The summed E-state index contributed by atoms with van der Waals surface area (Å²) >= 11 is 0. The Morgan fingerprint density at radius 3 is 2.00 bits per heavy atom. The second-order valence-electron chi connectivity index (χ2n) is 10.6. The average Bonchev–Trinajstić information content (AvgIpc) is 3.35. The highest BCUT2D eigenvalue weighted by Gasteiger charge is 2.50. The molecule has 1 amide bonds. The fourth-order valence-electron chi connectivity index (χ4n) is 6.62. The summed E-state index contributed by atoms with van der Waals surface area (Å²) in [6.07, 6.45) is -2.43. The SMILES string of the molecule is O=C(OCC1c2ccccc2-c2ccccc21)N1C2CCC1CC(O)(Cc1ccc(OC(F)(F)F)cc1)C2. The number of carbonyl (C=O) groups is 1. The molecule has 8 heteroatoms. The van der Waals surface area contributed by atoms with Crippen molar-refractivity contribution in [2.75, 3.05) is 6.61 Å². The first-order chi connectivity index (χ1) is 18.2. The van der Waals surface area contributed by atoms with Gasteiger partial charge in [-0.25, -0.2) is 4.79 Å². The number of aliphatic hydroxyl groups is 1. The van der Waals surface area contributed by atoms with Crippen LogP contribution in [0.15, 0.2) is 72.8 Å². The van der Waals surface area contributed by atoms with Gasteiger partial charge in [0.15, 0.2) is 0 Å². The first-order valence-electron chi connectivity index (χ1n) is 12.9. The summed E-state index contributed by atoms with van der Waals surface area (Å²) in [6.45, 7) is 0.249. The third-order valence-corrected chi connectivity index (χ3v) is 8.09. The predicted molar refractivity (Wildman–Crippen MR) is 135 cm³/mol. The first kappa shape index (κ1) is 24.8. The van der Waals surface area contributed by atoms with Gasteiger partial charge >= 0.3 is 12.5 Å². The van der Waals surface area contributed by atoms with Crippen LogP contribution < -0.4 is 4.74 Å². The van der Waals surface area contributed by atoms with E-state index in [9.17, 15) is 23.1 Å². The lowest BCUT2D eigenvalue weighted by Crippen LogP contribution is -2.54. The highest BCUT2D eigenvalue weighted by molar-refractivity contribution is 5.79. The second kappa shape index (κ2) is 9.34. The Kier molecular flexibility index (Phi) is 6.10. The number of hydrogen-bond acceptors (Lipinski definition) is 4. The van der Waals surface area contributed by atoms with Crippen LogP contribution >= 0.6 is 0 Å². The van der Waals surface area contributed by atoms with Crippen molar-refractivity contribution in [3.8, 4) is 16.9 Å². The van der Waals surface area contributed by atoms with Crippen molar-refractivity contribution in [3.63, 3.8) is 0 Å². The number of amides is 1. The molecule has 38 heavy (non-hydrogen) atoms. The third kappa shape index (κ3) is 4.73. The van der Waals surface area contributed by atoms with E-state index in [2.05, 4.69) is 29.0 Å². The topological polar surface area (TPSA) is 59.0 Å². The van der Waals surface area contributed by atoms with E-state index in [0.29, 0.717) is 19.3 Å². The Balaban J connectivity index is 1.10. The van der Waals surface area contributed by atoms with Crippen molar-refractivity contribution >= 4 is 6.09 Å². The van der Waals surface area contributed by atoms with Crippen LogP contribution in [-0.4, -0.2) is 46.8 Å². The smallest absolute Gasteiger partial charge is 0.448 e. The van der Waals surface area contributed by atoms with Crippen LogP contribution in [0.4, 0.5) is 18.0 Å². The number of benzene rings is 3. The number of fused-ring (bicyclic) bond motifs is 5. The minimum Gasteiger partial charge on any atom is -0.448 e. The van der Waals surface area contributed by atoms with Crippen molar-refractivity contribution in [2.45, 2.75) is 62.1 Å². The molecule has 2 unspecified atom stereocenters. The van der Waals surface area contributed by atoms with Crippen LogP contribution in [0.2, 0.25) is 0 Å². The molecule has 2 bridgehead atoms. The lowest BCUT2D eigenvalue weighted by Gasteiger charge is -2.43. The third-order valence-electron chi connectivity index (χ3n) is 8.09. The normalized spacial score (nSPS) is 24.2. The van der Waals surface area contributed by atoms with Gasteiger partial charge in [-0.1, -0.05) is 60.7 Å². The van der Waals surface area contributed by atoms with Crippen molar-refractivity contribution in [1.29, 1.82) is 0 Å². The van der Waals surface area contributed by atoms with Gasteiger partial charge in [-0.15, -0.1) is 13.2 Å². The molecule has 1 N–H and O–H groups in total. The number of rotatable bonds is 5. The fraction of sp³-hybridized carbons (Fsp3) is 0.367. The van der Waals surface area contributed by atoms with Crippen LogP contribution in [0.25, 0.3) is 11.1 Å². The van der Waals surface area contributed by atoms with E-state index in [0.717, 1.165) is 29.5 Å². The van der Waals surface area contributed by atoms with Crippen LogP contribution in [0.1, 0.15) is 48.3 Å². The summed E-state index contributed by atoms with van der Waals surface area (Å²) in [7, 11) is 0. The molecule has 3 aliphatic rings. The lowest BCUT2D eigenvalue weighted by atomic mass is 9.81. The van der Waals surface area contributed by atoms with Gasteiger partial charge in [0, 0.05) is 24.4 Å². The Morgan fingerprint density at radius 1 is 0.895 bits per heavy atom. The summed E-state index contributed by atoms with van der Waals surface area (Å²) < 4.78 is 47.2. The van der Waals surface area contributed by atoms with Crippen LogP contribution in [0.5, 0.6) is 5.75 Å². The number of alkyl halides is 3. The summed E-state index contributed by atoms with van der Waals surface area (Å²) in [6, 6.07) is 21.7. The Labute approximate surface area is 218 Å². The Bertz CT molecular complexity index is 1280. The van der Waals surface area contributed by atoms with Gasteiger partial charge in [-0.05, 0) is 65.6 Å². The molecule has 2 fully saturated rings. The standard InChI is InChI=1S/C30H28F3NO4/c31-30(32,33)38-22-13-9-19(10-14-22)15-29(36)16-20-11-12-21(17-29)34(20)28(35)37-18-27-25-7-3-1-5-23(25)24-6-2-4-8-26(24)27/h1-10,13-14,20-21,27,36H,11-12,15-18H2. The highest BCUT2D eigenvalue weighted by atomic mass is 19.4. The van der Waals surface area contributed by atoms with Crippen molar-refractivity contribution in [3.05, 3.63) is 89.5 Å². The van der Waals surface area contributed by atoms with Crippen LogP contribution in [-0.2, 0) is 11.2 Å². The Morgan fingerprint density at radius 2 is 1.45 bits per heavy atom. The fourth-order valence-corrected chi connectivity index (χ4v) is 6.62. The molecule has 0 aromatic heterocycles. The highest BCUT2D eigenvalue weighted by Crippen LogP contribution is 2.46. The molecule has 2 aliphatic heterocycles. The molecule has 0 saturated carbocycles. The molecule has 2 heterocycles. The summed E-state index contributed by atoms with van der Waals surface area (Å²) in [4.78, 5) is 15.1. The van der Waals surface area contributed by atoms with E-state index < -0.39 is 12.0 Å². The summed E-state index contributed by atoms with van der Waals surface area (Å²) in [5, 5.41) is 11.4. The van der Waals surface area contributed by atoms with E-state index in [1.54, 1.807) is 17.0 Å². The maximum Gasteiger partial charge on any atom is 0.573 e. The molecule has 3 aromatic carbocycles. The zero-order chi connectivity index (χ0) is 26.5. The van der Waals surface area contributed by atoms with Crippen molar-refractivity contribution < 1.29 is 32.5 Å². The minimum absolute atomic E-state index is 0.0185. The zero-order valence-corrected chi connectivity index (χ0v) is 20.7. The molecular formula is C30H28F3NO4. The number of ether oxygens (including phenoxy) is 2. The van der Waals surface area contributed by atoms with E-state index in [1.807, 2.05) is 24.3 Å². The van der Waals surface area contributed by atoms with Crippen molar-refractivity contribution in [1.82, 2.24) is 4.90 Å². The molecular weight excluding hydrogens is 495 g/mol. The number of hydrogen-bond donors (Lipinski definition) is 1. The molecule has 198 valence electrons. The van der Waals surface area contributed by atoms with Gasteiger partial charge in [0.05, 0.1) is 5.60 Å². The van der Waals surface area contributed by atoms with Gasteiger partial charge < -0.3 is 19.5 Å². The second-order valence-corrected chi connectivity index (χ2v) is 10.6. The maximum atomic E-state index is 13.3. The monoisotopic (exact) mass is 523 g/mol. The summed E-state index contributed by atoms with van der Waals surface area (Å²) in [5.41, 5.74) is 4.33. The van der Waals surface area contributed by atoms with Gasteiger partial charge in [0.25, 0.3) is 0 Å². The van der Waals surface area contributed by atoms with Crippen LogP contribution in [0.3, 0.4) is 0 Å². The quantitative estimate of drug-likeness (QED) is 0.419. The molecule has 0 spiro atoms. The van der Waals surface area contributed by atoms with Gasteiger partial charge in [-0.3, -0.25) is 0 Å². The minimum atomic E-state index is -4.75. The van der Waals surface area contributed by atoms with E-state index >= 15 is 0 Å². The zero-order valence-electron chi connectivity index (χ0n) is 20.7. The average molecular weight is 524 g/mol. The number of carbonyl (C=O) groups excluding carboxylic acids is 1. The number of nitrogens with zero attached hydrogens (tertiary/aromatic N) is 1. The van der Waals surface area contributed by atoms with Crippen LogP contribution in [0, 0.1) is 0 Å². The maximum absolute atomic E-state index is 13.3. The molecule has 3 aromatic rings. The van der Waals surface area contributed by atoms with Crippen molar-refractivity contribution in [2.24, 2.45) is 0 Å². The van der Waals surface area contributed by atoms with Gasteiger partial charge in [-0.2, -0.15) is 0 Å². The van der Waals surface area contributed by atoms with E-state index in [4.69, 9.17) is 4.74 Å². The Hall–Kier alpha value is -3.52. The lowest BCUT2D eigenvalue weighted by molar-refractivity contribution is -0.274. The molecule has 1 aliphatic carbocycles. The van der Waals surface area contributed by atoms with E-state index in [1.165, 1.54) is 23.3 Å². The molecule has 2 saturated heterocycles. The first-order valence-corrected chi connectivity index (χ1v) is 12.9. The van der Waals surface area contributed by atoms with E-state index in [-0.39, 0.29) is 36.5 Å². The molecule has 5 nitrogen and oxygen atoms in total. The van der Waals surface area contributed by atoms with Gasteiger partial charge in [0.1, 0.15) is 12.4 Å². The molecule has 0 radical (unpaired) electrons.